The highest BCUT2D eigenvalue weighted by Gasteiger charge is 2.32. The monoisotopic (exact) mass is 376 g/mol. The summed E-state index contributed by atoms with van der Waals surface area (Å²) >= 11 is 0. The fraction of sp³-hybridized carbons (Fsp3) is 0.278. The molecule has 0 bridgehead atoms. The van der Waals surface area contributed by atoms with Gasteiger partial charge < -0.3 is 14.6 Å². The van der Waals surface area contributed by atoms with Gasteiger partial charge in [-0.15, -0.1) is 0 Å². The Morgan fingerprint density at radius 1 is 1.26 bits per heavy atom. The number of ether oxygens (including phenoxy) is 1. The van der Waals surface area contributed by atoms with Gasteiger partial charge in [-0.1, -0.05) is 0 Å². The van der Waals surface area contributed by atoms with Gasteiger partial charge in [-0.3, -0.25) is 9.78 Å². The summed E-state index contributed by atoms with van der Waals surface area (Å²) in [6, 6.07) is 6.43. The standard InChI is InChI=1S/C18H15F3N4O2/c19-18(20,21)12-1-2-15-14(7-12)24-16-10-27-9-13(25(15)16)8-23-17(26)11-3-5-22-6-4-11/h1-7,13H,8-10H2,(H,23,26)/t13-/m0/s1. The van der Waals surface area contributed by atoms with Crippen molar-refractivity contribution >= 4 is 16.9 Å². The first-order valence-electron chi connectivity index (χ1n) is 8.27. The SMILES string of the molecule is O=C(NC[C@H]1COCc2nc3cc(C(F)(F)F)ccc3n21)c1ccncc1. The molecule has 0 saturated heterocycles. The topological polar surface area (TPSA) is 69.0 Å². The van der Waals surface area contributed by atoms with Gasteiger partial charge in [0.05, 0.1) is 29.2 Å². The van der Waals surface area contributed by atoms with Crippen LogP contribution in [0.2, 0.25) is 0 Å². The third-order valence-electron chi connectivity index (χ3n) is 4.44. The number of alkyl halides is 3. The summed E-state index contributed by atoms with van der Waals surface area (Å²) in [6.45, 7) is 0.807. The molecule has 3 aromatic rings. The fourth-order valence-electron chi connectivity index (χ4n) is 3.16. The molecule has 4 rings (SSSR count). The third kappa shape index (κ3) is 3.37. The van der Waals surface area contributed by atoms with Crippen LogP contribution >= 0.6 is 0 Å². The lowest BCUT2D eigenvalue weighted by Gasteiger charge is -2.26. The largest absolute Gasteiger partial charge is 0.416 e. The summed E-state index contributed by atoms with van der Waals surface area (Å²) < 4.78 is 46.2. The maximum Gasteiger partial charge on any atom is 0.416 e. The number of benzene rings is 1. The van der Waals surface area contributed by atoms with E-state index in [0.717, 1.165) is 12.1 Å². The van der Waals surface area contributed by atoms with Gasteiger partial charge in [0.1, 0.15) is 12.4 Å². The molecular weight excluding hydrogens is 361 g/mol. The maximum atomic E-state index is 12.9. The number of fused-ring (bicyclic) bond motifs is 3. The highest BCUT2D eigenvalue weighted by atomic mass is 19.4. The van der Waals surface area contributed by atoms with Gasteiger partial charge >= 0.3 is 6.18 Å². The quantitative estimate of drug-likeness (QED) is 0.763. The number of halogens is 3. The summed E-state index contributed by atoms with van der Waals surface area (Å²) in [5.41, 5.74) is 0.585. The number of amides is 1. The molecule has 140 valence electrons. The summed E-state index contributed by atoms with van der Waals surface area (Å²) in [7, 11) is 0. The molecular formula is C18H15F3N4O2. The summed E-state index contributed by atoms with van der Waals surface area (Å²) in [4.78, 5) is 20.4. The van der Waals surface area contributed by atoms with Crippen molar-refractivity contribution in [3.05, 3.63) is 59.7 Å². The predicted octanol–water partition coefficient (Wildman–Crippen LogP) is 2.95. The number of imidazole rings is 1. The second-order valence-corrected chi connectivity index (χ2v) is 6.21. The number of pyridine rings is 1. The van der Waals surface area contributed by atoms with Crippen molar-refractivity contribution in [3.63, 3.8) is 0 Å². The second kappa shape index (κ2) is 6.66. The van der Waals surface area contributed by atoms with E-state index in [9.17, 15) is 18.0 Å². The van der Waals surface area contributed by atoms with Crippen molar-refractivity contribution in [1.29, 1.82) is 0 Å². The number of aromatic nitrogens is 3. The van der Waals surface area contributed by atoms with Crippen LogP contribution in [0.5, 0.6) is 0 Å². The Hall–Kier alpha value is -2.94. The molecule has 0 radical (unpaired) electrons. The molecule has 0 aliphatic carbocycles. The van der Waals surface area contributed by atoms with Crippen molar-refractivity contribution in [2.24, 2.45) is 0 Å². The zero-order valence-corrected chi connectivity index (χ0v) is 14.0. The van der Waals surface area contributed by atoms with Crippen LogP contribution in [0.4, 0.5) is 13.2 Å². The van der Waals surface area contributed by atoms with Crippen molar-refractivity contribution in [1.82, 2.24) is 19.9 Å². The Morgan fingerprint density at radius 3 is 2.78 bits per heavy atom. The van der Waals surface area contributed by atoms with E-state index >= 15 is 0 Å². The molecule has 27 heavy (non-hydrogen) atoms. The number of nitrogens with one attached hydrogen (secondary N) is 1. The minimum Gasteiger partial charge on any atom is -0.371 e. The molecule has 1 atom stereocenters. The molecule has 1 amide bonds. The average molecular weight is 376 g/mol. The minimum absolute atomic E-state index is 0.213. The molecule has 9 heteroatoms. The normalized spacial score (nSPS) is 16.9. The summed E-state index contributed by atoms with van der Waals surface area (Å²) in [5, 5.41) is 2.82. The second-order valence-electron chi connectivity index (χ2n) is 6.21. The lowest BCUT2D eigenvalue weighted by Crippen LogP contribution is -2.35. The van der Waals surface area contributed by atoms with Crippen LogP contribution in [0.3, 0.4) is 0 Å². The van der Waals surface area contributed by atoms with Gasteiger partial charge in [0.2, 0.25) is 0 Å². The van der Waals surface area contributed by atoms with Gasteiger partial charge in [0.15, 0.2) is 0 Å². The van der Waals surface area contributed by atoms with Crippen LogP contribution in [-0.4, -0.2) is 33.6 Å². The lowest BCUT2D eigenvalue weighted by atomic mass is 10.1. The lowest BCUT2D eigenvalue weighted by molar-refractivity contribution is -0.137. The Labute approximate surface area is 152 Å². The first-order chi connectivity index (χ1) is 12.9. The fourth-order valence-corrected chi connectivity index (χ4v) is 3.16. The van der Waals surface area contributed by atoms with Crippen LogP contribution in [0.1, 0.15) is 27.8 Å². The molecule has 6 nitrogen and oxygen atoms in total. The minimum atomic E-state index is -4.42. The van der Waals surface area contributed by atoms with E-state index in [1.54, 1.807) is 12.1 Å². The molecule has 0 saturated carbocycles. The summed E-state index contributed by atoms with van der Waals surface area (Å²) in [6.07, 6.45) is -1.37. The number of rotatable bonds is 3. The van der Waals surface area contributed by atoms with Gasteiger partial charge in [-0.25, -0.2) is 4.98 Å². The predicted molar refractivity (Wildman–Crippen MR) is 90.0 cm³/mol. The Balaban J connectivity index is 1.60. The number of hydrogen-bond acceptors (Lipinski definition) is 4. The maximum absolute atomic E-state index is 12.9. The Kier molecular flexibility index (Phi) is 4.31. The van der Waals surface area contributed by atoms with Gasteiger partial charge in [0, 0.05) is 24.5 Å². The van der Waals surface area contributed by atoms with E-state index < -0.39 is 11.7 Å². The molecule has 1 N–H and O–H groups in total. The molecule has 0 unspecified atom stereocenters. The highest BCUT2D eigenvalue weighted by Crippen LogP contribution is 2.33. The summed E-state index contributed by atoms with van der Waals surface area (Å²) in [5.74, 6) is 0.284. The zero-order valence-electron chi connectivity index (χ0n) is 14.0. The van der Waals surface area contributed by atoms with Crippen LogP contribution < -0.4 is 5.32 Å². The van der Waals surface area contributed by atoms with E-state index in [-0.39, 0.29) is 30.6 Å². The van der Waals surface area contributed by atoms with Crippen LogP contribution in [-0.2, 0) is 17.5 Å². The number of carbonyl (C=O) groups excluding carboxylic acids is 1. The zero-order chi connectivity index (χ0) is 19.0. The smallest absolute Gasteiger partial charge is 0.371 e. The van der Waals surface area contributed by atoms with Crippen molar-refractivity contribution < 1.29 is 22.7 Å². The molecule has 1 aliphatic heterocycles. The van der Waals surface area contributed by atoms with Crippen molar-refractivity contribution in [2.45, 2.75) is 18.8 Å². The van der Waals surface area contributed by atoms with Crippen molar-refractivity contribution in [2.75, 3.05) is 13.2 Å². The molecule has 1 aromatic carbocycles. The van der Waals surface area contributed by atoms with Gasteiger partial charge in [-0.05, 0) is 30.3 Å². The average Bonchev–Trinajstić information content (AvgIpc) is 3.04. The first kappa shape index (κ1) is 17.5. The van der Waals surface area contributed by atoms with E-state index in [1.165, 1.54) is 18.5 Å². The van der Waals surface area contributed by atoms with Crippen molar-refractivity contribution in [3.8, 4) is 0 Å². The number of carbonyl (C=O) groups is 1. The van der Waals surface area contributed by atoms with E-state index in [2.05, 4.69) is 15.3 Å². The van der Waals surface area contributed by atoms with Gasteiger partial charge in [0.25, 0.3) is 5.91 Å². The highest BCUT2D eigenvalue weighted by molar-refractivity contribution is 5.94. The van der Waals surface area contributed by atoms with E-state index in [0.29, 0.717) is 23.5 Å². The molecule has 1 aliphatic rings. The van der Waals surface area contributed by atoms with Gasteiger partial charge in [-0.2, -0.15) is 13.2 Å². The first-order valence-corrected chi connectivity index (χ1v) is 8.27. The third-order valence-corrected chi connectivity index (χ3v) is 4.44. The molecule has 0 fully saturated rings. The van der Waals surface area contributed by atoms with Crippen LogP contribution in [0.25, 0.3) is 11.0 Å². The number of hydrogen-bond donors (Lipinski definition) is 1. The van der Waals surface area contributed by atoms with E-state index in [1.807, 2.05) is 4.57 Å². The molecule has 2 aromatic heterocycles. The Morgan fingerprint density at radius 2 is 2.04 bits per heavy atom. The Bertz CT molecular complexity index is 985. The van der Waals surface area contributed by atoms with E-state index in [4.69, 9.17) is 4.74 Å². The molecule has 0 spiro atoms. The van der Waals surface area contributed by atoms with Crippen LogP contribution in [0.15, 0.2) is 42.7 Å². The van der Waals surface area contributed by atoms with Crippen LogP contribution in [0, 0.1) is 0 Å². The molecule has 3 heterocycles. The number of nitrogens with zero attached hydrogens (tertiary/aromatic N) is 3.